The summed E-state index contributed by atoms with van der Waals surface area (Å²) in [5, 5.41) is 47.6. The van der Waals surface area contributed by atoms with Crippen molar-refractivity contribution in [2.45, 2.75) is 62.5 Å². The number of aromatic hydroxyl groups is 1. The van der Waals surface area contributed by atoms with Gasteiger partial charge in [-0.1, -0.05) is 18.2 Å². The number of ether oxygens (including phenoxy) is 3. The van der Waals surface area contributed by atoms with Gasteiger partial charge in [-0.15, -0.1) is 22.7 Å². The second kappa shape index (κ2) is 17.5. The number of pyridine rings is 1. The molecule has 2 aliphatic rings. The molecule has 56 heavy (non-hydrogen) atoms. The number of aliphatic hydroxyl groups excluding tert-OH is 1. The van der Waals surface area contributed by atoms with Gasteiger partial charge in [-0.3, -0.25) is 4.79 Å². The van der Waals surface area contributed by atoms with Crippen molar-refractivity contribution in [2.24, 2.45) is 5.11 Å². The molecule has 5 aromatic rings. The number of phenolic OH excluding ortho intramolecular Hbond substituents is 1. The number of benzene rings is 2. The fourth-order valence-corrected chi connectivity index (χ4v) is 9.23. The number of phenols is 1. The molecule has 1 aliphatic carbocycles. The fourth-order valence-electron chi connectivity index (χ4n) is 7.51. The van der Waals surface area contributed by atoms with E-state index < -0.39 is 17.7 Å². The zero-order valence-electron chi connectivity index (χ0n) is 31.0. The number of thiophene rings is 2. The molecule has 296 valence electrons. The molecule has 0 unspecified atom stereocenters. The van der Waals surface area contributed by atoms with Gasteiger partial charge in [0.15, 0.2) is 11.5 Å². The van der Waals surface area contributed by atoms with E-state index in [1.54, 1.807) is 30.3 Å². The van der Waals surface area contributed by atoms with E-state index in [4.69, 9.17) is 19.7 Å². The number of carbonyl (C=O) groups is 1. The van der Waals surface area contributed by atoms with Gasteiger partial charge >= 0.3 is 5.97 Å². The number of hydrogen-bond acceptors (Lipinski definition) is 15. The first kappa shape index (κ1) is 39.4. The number of fused-ring (bicyclic) bond motifs is 2. The molecule has 16 heteroatoms. The van der Waals surface area contributed by atoms with Crippen LogP contribution in [0.5, 0.6) is 17.2 Å². The van der Waals surface area contributed by atoms with Crippen LogP contribution in [0.2, 0.25) is 0 Å². The number of aliphatic hydroxyl groups is 2. The predicted octanol–water partition coefficient (Wildman–Crippen LogP) is 6.14. The standard InChI is InChI=1S/C40H46N6O8S2/c1-46(25-7-9-26(10-8-25)54-39(50)40(51,32-5-2-19-55-32)33-6-3-20-56-33)16-4-15-43-36-29(45-41)21-24(37-38(36)53-18-17-52-37)22-42-23-31(48)27-11-13-30(47)35-28(27)12-14-34(49)44-35/h2-3,5-6,11-14,19-21,25-26,31,41-43,47-48,51H,4,7-10,15-18,22-23H2,1H3,(H,44,49)/t25?,26?,31-/m0/s1. The third-order valence-electron chi connectivity index (χ3n) is 10.5. The Morgan fingerprint density at radius 1 is 1.07 bits per heavy atom. The summed E-state index contributed by atoms with van der Waals surface area (Å²) in [6, 6.07) is 15.3. The smallest absolute Gasteiger partial charge is 0.349 e. The summed E-state index contributed by atoms with van der Waals surface area (Å²) >= 11 is 2.67. The molecular weight excluding hydrogens is 757 g/mol. The number of hydrogen-bond donors (Lipinski definition) is 7. The number of carbonyl (C=O) groups excluding carboxylic acids is 1. The van der Waals surface area contributed by atoms with Gasteiger partial charge in [-0.05, 0) is 92.4 Å². The Hall–Kier alpha value is -4.84. The second-order valence-corrected chi connectivity index (χ2v) is 16.0. The van der Waals surface area contributed by atoms with Crippen LogP contribution in [-0.4, -0.2) is 83.2 Å². The van der Waals surface area contributed by atoms with E-state index in [-0.39, 0.29) is 29.5 Å². The van der Waals surface area contributed by atoms with Gasteiger partial charge in [-0.25, -0.2) is 10.3 Å². The molecule has 0 spiro atoms. The van der Waals surface area contributed by atoms with Crippen LogP contribution < -0.4 is 25.7 Å². The predicted molar refractivity (Wildman–Crippen MR) is 215 cm³/mol. The highest BCUT2D eigenvalue weighted by Crippen LogP contribution is 2.47. The van der Waals surface area contributed by atoms with Crippen LogP contribution in [0, 0.1) is 5.53 Å². The maximum absolute atomic E-state index is 13.4. The van der Waals surface area contributed by atoms with Crippen molar-refractivity contribution in [1.29, 1.82) is 5.53 Å². The molecule has 0 bridgehead atoms. The number of H-pyrrole nitrogens is 1. The van der Waals surface area contributed by atoms with Crippen molar-refractivity contribution in [3.63, 3.8) is 0 Å². The second-order valence-electron chi connectivity index (χ2n) is 14.1. The lowest BCUT2D eigenvalue weighted by Crippen LogP contribution is -2.42. The topological polar surface area (TPSA) is 202 Å². The Kier molecular flexibility index (Phi) is 12.3. The first-order valence-electron chi connectivity index (χ1n) is 18.7. The SMILES string of the molecule is CN(CCCNc1c(N=N)cc(CNC[C@H](O)c2ccc(O)c3[nH]c(=O)ccc23)c2c1OCCO2)C1CCC(OC(=O)C(O)(c2cccs2)c2cccs2)CC1. The summed E-state index contributed by atoms with van der Waals surface area (Å²) in [6.07, 6.45) is 2.80. The maximum atomic E-state index is 13.4. The first-order valence-corrected chi connectivity index (χ1v) is 20.5. The Labute approximate surface area is 331 Å². The minimum atomic E-state index is -1.80. The molecule has 14 nitrogen and oxygen atoms in total. The quantitative estimate of drug-likeness (QED) is 0.0343. The van der Waals surface area contributed by atoms with Crippen LogP contribution in [0.3, 0.4) is 0 Å². The van der Waals surface area contributed by atoms with Crippen molar-refractivity contribution in [1.82, 2.24) is 15.2 Å². The first-order chi connectivity index (χ1) is 27.2. The van der Waals surface area contributed by atoms with Crippen LogP contribution in [0.4, 0.5) is 11.4 Å². The number of esters is 1. The summed E-state index contributed by atoms with van der Waals surface area (Å²) < 4.78 is 18.0. The van der Waals surface area contributed by atoms with E-state index in [9.17, 15) is 24.9 Å². The zero-order valence-corrected chi connectivity index (χ0v) is 32.6. The van der Waals surface area contributed by atoms with E-state index in [0.29, 0.717) is 75.9 Å². The minimum Gasteiger partial charge on any atom is -0.506 e. The van der Waals surface area contributed by atoms with Crippen molar-refractivity contribution in [3.8, 4) is 17.2 Å². The molecule has 1 atom stereocenters. The van der Waals surface area contributed by atoms with Gasteiger partial charge in [-0.2, -0.15) is 5.11 Å². The number of aromatic nitrogens is 1. The van der Waals surface area contributed by atoms with Crippen molar-refractivity contribution in [3.05, 3.63) is 96.6 Å². The summed E-state index contributed by atoms with van der Waals surface area (Å²) in [4.78, 5) is 31.3. The summed E-state index contributed by atoms with van der Waals surface area (Å²) in [7, 11) is 2.11. The van der Waals surface area contributed by atoms with Crippen molar-refractivity contribution >= 4 is 50.9 Å². The molecule has 4 heterocycles. The van der Waals surface area contributed by atoms with Gasteiger partial charge in [0.1, 0.15) is 36.4 Å². The van der Waals surface area contributed by atoms with E-state index >= 15 is 0 Å². The monoisotopic (exact) mass is 802 g/mol. The van der Waals surface area contributed by atoms with Crippen LogP contribution >= 0.6 is 22.7 Å². The van der Waals surface area contributed by atoms with Crippen LogP contribution in [-0.2, 0) is 21.7 Å². The van der Waals surface area contributed by atoms with Crippen LogP contribution in [0.25, 0.3) is 10.9 Å². The van der Waals surface area contributed by atoms with Crippen LogP contribution in [0.1, 0.15) is 59.1 Å². The molecule has 7 N–H and O–H groups in total. The average molecular weight is 803 g/mol. The largest absolute Gasteiger partial charge is 0.506 e. The lowest BCUT2D eigenvalue weighted by Gasteiger charge is -2.35. The zero-order chi connectivity index (χ0) is 39.2. The molecule has 0 radical (unpaired) electrons. The van der Waals surface area contributed by atoms with Crippen LogP contribution in [0.15, 0.2) is 75.3 Å². The third kappa shape index (κ3) is 8.31. The fraction of sp³-hybridized carbons (Fsp3) is 0.400. The van der Waals surface area contributed by atoms with E-state index in [0.717, 1.165) is 44.2 Å². The third-order valence-corrected chi connectivity index (χ3v) is 12.4. The molecule has 7 rings (SSSR count). The van der Waals surface area contributed by atoms with Gasteiger partial charge in [0, 0.05) is 42.7 Å². The van der Waals surface area contributed by atoms with Gasteiger partial charge < -0.3 is 50.0 Å². The van der Waals surface area contributed by atoms with Gasteiger partial charge in [0.05, 0.1) is 21.4 Å². The van der Waals surface area contributed by atoms with E-state index in [1.807, 2.05) is 22.9 Å². The van der Waals surface area contributed by atoms with Crippen molar-refractivity contribution in [2.75, 3.05) is 45.2 Å². The molecule has 0 saturated heterocycles. The lowest BCUT2D eigenvalue weighted by molar-refractivity contribution is -0.169. The Bertz CT molecular complexity index is 2150. The minimum absolute atomic E-state index is 0.0759. The van der Waals surface area contributed by atoms with E-state index in [1.165, 1.54) is 34.8 Å². The summed E-state index contributed by atoms with van der Waals surface area (Å²) in [5.41, 5.74) is 8.35. The highest BCUT2D eigenvalue weighted by Gasteiger charge is 2.45. The normalized spacial score (nSPS) is 17.5. The molecular formula is C40H46N6O8S2. The average Bonchev–Trinajstić information content (AvgIpc) is 3.97. The molecule has 1 aliphatic heterocycles. The number of rotatable bonds is 16. The summed E-state index contributed by atoms with van der Waals surface area (Å²) in [6.45, 7) is 2.61. The molecule has 2 aromatic carbocycles. The molecule has 1 fully saturated rings. The van der Waals surface area contributed by atoms with Gasteiger partial charge in [0.2, 0.25) is 11.2 Å². The number of nitrogens with zero attached hydrogens (tertiary/aromatic N) is 2. The Morgan fingerprint density at radius 3 is 2.46 bits per heavy atom. The maximum Gasteiger partial charge on any atom is 0.349 e. The number of aromatic amines is 1. The highest BCUT2D eigenvalue weighted by atomic mass is 32.1. The Morgan fingerprint density at radius 2 is 1.79 bits per heavy atom. The summed E-state index contributed by atoms with van der Waals surface area (Å²) in [5.74, 6) is 0.359. The van der Waals surface area contributed by atoms with Gasteiger partial charge in [0.25, 0.3) is 0 Å². The van der Waals surface area contributed by atoms with E-state index in [2.05, 4.69) is 32.7 Å². The number of anilines is 1. The molecule has 3 aromatic heterocycles. The number of nitrogens with one attached hydrogen (secondary N) is 4. The highest BCUT2D eigenvalue weighted by molar-refractivity contribution is 7.12. The van der Waals surface area contributed by atoms with Crippen molar-refractivity contribution < 1.29 is 34.3 Å². The Balaban J connectivity index is 0.905. The molecule has 0 amide bonds. The molecule has 1 saturated carbocycles. The lowest BCUT2D eigenvalue weighted by atomic mass is 9.91.